The minimum atomic E-state index is -0.247. The number of amidine groups is 2. The van der Waals surface area contributed by atoms with Crippen molar-refractivity contribution in [2.24, 2.45) is 9.98 Å². The van der Waals surface area contributed by atoms with Gasteiger partial charge in [-0.2, -0.15) is 5.10 Å². The second-order valence-corrected chi connectivity index (χ2v) is 10.4. The summed E-state index contributed by atoms with van der Waals surface area (Å²) in [4.78, 5) is 12.6. The van der Waals surface area contributed by atoms with Crippen molar-refractivity contribution in [1.29, 1.82) is 0 Å². The third-order valence-electron chi connectivity index (χ3n) is 7.48. The normalized spacial score (nSPS) is 15.1. The van der Waals surface area contributed by atoms with Crippen LogP contribution < -0.4 is 19.7 Å². The molecule has 7 rings (SSSR count). The molecule has 4 aromatic carbocycles. The molecule has 1 atom stereocenters. The number of rotatable bonds is 5. The van der Waals surface area contributed by atoms with Crippen molar-refractivity contribution in [3.63, 3.8) is 0 Å². The fourth-order valence-electron chi connectivity index (χ4n) is 5.55. The number of anilines is 2. The molecule has 0 saturated carbocycles. The van der Waals surface area contributed by atoms with Crippen molar-refractivity contribution >= 4 is 46.2 Å². The van der Waals surface area contributed by atoms with Crippen LogP contribution in [0.3, 0.4) is 0 Å². The number of benzene rings is 4. The summed E-state index contributed by atoms with van der Waals surface area (Å²) in [7, 11) is 3.28. The first-order chi connectivity index (χ1) is 20.6. The van der Waals surface area contributed by atoms with Gasteiger partial charge in [0.15, 0.2) is 17.5 Å². The molecule has 0 saturated heterocycles. The lowest BCUT2D eigenvalue weighted by Crippen LogP contribution is -2.46. The Morgan fingerprint density at radius 1 is 0.833 bits per heavy atom. The number of hydrogen-bond acceptors (Lipinski definition) is 7. The number of fused-ring (bicyclic) bond motifs is 4. The Kier molecular flexibility index (Phi) is 6.40. The van der Waals surface area contributed by atoms with Gasteiger partial charge in [0.2, 0.25) is 0 Å². The fraction of sp³-hybridized carbons (Fsp3) is 0.121. The summed E-state index contributed by atoms with van der Waals surface area (Å²) in [6, 6.07) is 31.4. The van der Waals surface area contributed by atoms with Gasteiger partial charge in [-0.05, 0) is 61.0 Å². The van der Waals surface area contributed by atoms with Crippen LogP contribution in [0.2, 0.25) is 5.02 Å². The van der Waals surface area contributed by atoms with Gasteiger partial charge < -0.3 is 19.7 Å². The van der Waals surface area contributed by atoms with Gasteiger partial charge in [-0.25, -0.2) is 14.7 Å². The van der Waals surface area contributed by atoms with Gasteiger partial charge in [-0.15, -0.1) is 0 Å². The van der Waals surface area contributed by atoms with Crippen molar-refractivity contribution in [2.75, 3.05) is 24.4 Å². The summed E-state index contributed by atoms with van der Waals surface area (Å²) >= 11 is 6.35. The van der Waals surface area contributed by atoms with Gasteiger partial charge in [0.1, 0.15) is 11.5 Å². The van der Waals surface area contributed by atoms with Gasteiger partial charge >= 0.3 is 0 Å². The number of nitrogens with one attached hydrogen (secondary N) is 1. The monoisotopic (exact) mass is 574 g/mol. The molecule has 208 valence electrons. The van der Waals surface area contributed by atoms with Crippen LogP contribution >= 0.6 is 11.6 Å². The van der Waals surface area contributed by atoms with Crippen molar-refractivity contribution < 1.29 is 9.47 Å². The maximum absolute atomic E-state index is 6.35. The predicted octanol–water partition coefficient (Wildman–Crippen LogP) is 7.65. The number of para-hydroxylation sites is 3. The zero-order valence-corrected chi connectivity index (χ0v) is 24.0. The second kappa shape index (κ2) is 10.4. The Bertz CT molecular complexity index is 1860. The summed E-state index contributed by atoms with van der Waals surface area (Å²) < 4.78 is 13.1. The maximum Gasteiger partial charge on any atom is 0.179 e. The van der Waals surface area contributed by atoms with E-state index in [9.17, 15) is 0 Å². The van der Waals surface area contributed by atoms with Crippen molar-refractivity contribution in [2.45, 2.75) is 13.0 Å². The van der Waals surface area contributed by atoms with Crippen LogP contribution in [-0.4, -0.2) is 35.7 Å². The number of ether oxygens (including phenoxy) is 2. The quantitative estimate of drug-likeness (QED) is 0.233. The minimum Gasteiger partial charge on any atom is -0.497 e. The van der Waals surface area contributed by atoms with E-state index in [1.165, 1.54) is 0 Å². The van der Waals surface area contributed by atoms with Crippen LogP contribution in [0, 0.1) is 6.92 Å². The minimum absolute atomic E-state index is 0.247. The number of aromatic nitrogens is 2. The predicted molar refractivity (Wildman–Crippen MR) is 168 cm³/mol. The Labute approximate surface area is 248 Å². The van der Waals surface area contributed by atoms with Gasteiger partial charge in [0.25, 0.3) is 0 Å². The molecular weight excluding hydrogens is 548 g/mol. The highest BCUT2D eigenvalue weighted by atomic mass is 35.5. The molecule has 0 unspecified atom stereocenters. The molecule has 0 spiro atoms. The van der Waals surface area contributed by atoms with Crippen molar-refractivity contribution in [3.05, 3.63) is 119 Å². The van der Waals surface area contributed by atoms with Gasteiger partial charge in [-0.1, -0.05) is 54.1 Å². The number of nitrogens with zero attached hydrogens (tertiary/aromatic N) is 5. The number of aliphatic imine (C=N–C) groups is 2. The molecule has 0 amide bonds. The highest BCUT2D eigenvalue weighted by molar-refractivity contribution is 6.51. The molecule has 1 aromatic heterocycles. The lowest BCUT2D eigenvalue weighted by molar-refractivity contribution is 0.405. The van der Waals surface area contributed by atoms with E-state index in [0.717, 1.165) is 39.7 Å². The molecule has 5 aromatic rings. The van der Waals surface area contributed by atoms with Crippen molar-refractivity contribution in [3.8, 4) is 17.2 Å². The topological polar surface area (TPSA) is 76.3 Å². The molecule has 0 bridgehead atoms. The molecule has 2 aliphatic heterocycles. The first-order valence-corrected chi connectivity index (χ1v) is 13.9. The molecule has 42 heavy (non-hydrogen) atoms. The average Bonchev–Trinajstić information content (AvgIpc) is 3.36. The van der Waals surface area contributed by atoms with Crippen LogP contribution in [0.15, 0.2) is 107 Å². The largest absolute Gasteiger partial charge is 0.497 e. The highest BCUT2D eigenvalue weighted by Crippen LogP contribution is 2.48. The first-order valence-electron chi connectivity index (χ1n) is 13.5. The van der Waals surface area contributed by atoms with E-state index in [1.807, 2.05) is 90.5 Å². The molecule has 9 heteroatoms. The molecule has 8 nitrogen and oxygen atoms in total. The molecular formula is C33H27ClN6O2. The van der Waals surface area contributed by atoms with Crippen molar-refractivity contribution in [1.82, 2.24) is 9.78 Å². The summed E-state index contributed by atoms with van der Waals surface area (Å²) in [6.07, 6.45) is 0. The zero-order chi connectivity index (χ0) is 28.8. The Balaban J connectivity index is 1.49. The third kappa shape index (κ3) is 4.28. The molecule has 1 N–H and O–H groups in total. The third-order valence-corrected chi connectivity index (χ3v) is 7.74. The summed E-state index contributed by atoms with van der Waals surface area (Å²) in [5, 5.41) is 9.18. The smallest absolute Gasteiger partial charge is 0.179 e. The lowest BCUT2D eigenvalue weighted by atomic mass is 9.93. The summed E-state index contributed by atoms with van der Waals surface area (Å²) in [5.41, 5.74) is 6.35. The SMILES string of the molecule is COc1ccc(OC)c(NC2=Nc3ccccc3N3C2=Nc2c(c(C)nn2-c2ccccc2)[C@@H]3c2ccc(Cl)cc2)c1. The van der Waals surface area contributed by atoms with Gasteiger partial charge in [0.05, 0.1) is 48.7 Å². The molecule has 0 fully saturated rings. The van der Waals surface area contributed by atoms with E-state index in [-0.39, 0.29) is 6.04 Å². The lowest BCUT2D eigenvalue weighted by Gasteiger charge is -2.40. The van der Waals surface area contributed by atoms with E-state index in [2.05, 4.69) is 28.4 Å². The molecule has 3 heterocycles. The Morgan fingerprint density at radius 3 is 2.36 bits per heavy atom. The Morgan fingerprint density at radius 2 is 1.60 bits per heavy atom. The first kappa shape index (κ1) is 25.9. The molecule has 0 aliphatic carbocycles. The fourth-order valence-corrected chi connectivity index (χ4v) is 5.67. The second-order valence-electron chi connectivity index (χ2n) is 9.97. The van der Waals surface area contributed by atoms with Crippen LogP contribution in [0.25, 0.3) is 5.69 Å². The van der Waals surface area contributed by atoms with Crippen LogP contribution in [-0.2, 0) is 0 Å². The number of methoxy groups -OCH3 is 2. The highest BCUT2D eigenvalue weighted by Gasteiger charge is 2.41. The van der Waals surface area contributed by atoms with E-state index in [1.54, 1.807) is 14.2 Å². The molecule has 0 radical (unpaired) electrons. The average molecular weight is 575 g/mol. The Hall–Kier alpha value is -5.08. The van der Waals surface area contributed by atoms with Crippen LogP contribution in [0.1, 0.15) is 22.9 Å². The van der Waals surface area contributed by atoms with E-state index >= 15 is 0 Å². The van der Waals surface area contributed by atoms with E-state index in [0.29, 0.717) is 33.9 Å². The van der Waals surface area contributed by atoms with Gasteiger partial charge in [-0.3, -0.25) is 0 Å². The standard InChI is InChI=1S/C33H27ClN6O2/c1-20-29-30(21-13-15-22(34)16-14-21)39-27-12-8-7-11-25(27)35-31(36-26-19-24(41-2)17-18-28(26)42-3)33(39)37-32(29)40(38-20)23-9-5-4-6-10-23/h4-19,30H,1-3H3,(H,35,36)/t30-/m0/s1. The van der Waals surface area contributed by atoms with Crippen LogP contribution in [0.5, 0.6) is 11.5 Å². The summed E-state index contributed by atoms with van der Waals surface area (Å²) in [6.45, 7) is 2.03. The van der Waals surface area contributed by atoms with E-state index in [4.69, 9.17) is 36.2 Å². The van der Waals surface area contributed by atoms with E-state index < -0.39 is 0 Å². The number of hydrogen-bond donors (Lipinski definition) is 1. The molecule has 2 aliphatic rings. The number of halogens is 1. The van der Waals surface area contributed by atoms with Crippen LogP contribution in [0.4, 0.5) is 22.9 Å². The maximum atomic E-state index is 6.35. The number of aryl methyl sites for hydroxylation is 1. The summed E-state index contributed by atoms with van der Waals surface area (Å²) in [5.74, 6) is 3.32. The zero-order valence-electron chi connectivity index (χ0n) is 23.2. The van der Waals surface area contributed by atoms with Gasteiger partial charge in [0, 0.05) is 16.7 Å².